The normalized spacial score (nSPS) is 15.7. The number of hydrogen-bond acceptors (Lipinski definition) is 0. The predicted molar refractivity (Wildman–Crippen MR) is 182 cm³/mol. The van der Waals surface area contributed by atoms with Crippen molar-refractivity contribution in [2.24, 2.45) is 0 Å². The molecule has 0 bridgehead atoms. The van der Waals surface area contributed by atoms with Gasteiger partial charge in [0.15, 0.2) is 0 Å². The van der Waals surface area contributed by atoms with Crippen LogP contribution in [-0.2, 0) is 0 Å². The van der Waals surface area contributed by atoms with Gasteiger partial charge in [-0.2, -0.15) is 0 Å². The van der Waals surface area contributed by atoms with E-state index >= 15 is 0 Å². The molecule has 0 fully saturated rings. The van der Waals surface area contributed by atoms with Gasteiger partial charge in [0.2, 0.25) is 0 Å². The second-order valence-electron chi connectivity index (χ2n) is 10.8. The molecule has 0 aromatic heterocycles. The molecule has 2 unspecified atom stereocenters. The highest BCUT2D eigenvalue weighted by Crippen LogP contribution is 2.74. The minimum Gasteiger partial charge on any atom is -0.0622 e. The Balaban J connectivity index is 1.56. The Kier molecular flexibility index (Phi) is 6.07. The Labute approximate surface area is 243 Å². The fraction of sp³-hybridized carbons (Fsp3) is 0.0256. The summed E-state index contributed by atoms with van der Waals surface area (Å²) in [5.74, 6) is 0. The quantitative estimate of drug-likeness (QED) is 0.148. The minimum absolute atomic E-state index is 0.221. The molecule has 8 rings (SSSR count). The molecule has 0 nitrogen and oxygen atoms in total. The van der Waals surface area contributed by atoms with Gasteiger partial charge in [-0.1, -0.05) is 136 Å². The zero-order valence-corrected chi connectivity index (χ0v) is 24.5. The van der Waals surface area contributed by atoms with Gasteiger partial charge >= 0.3 is 0 Å². The van der Waals surface area contributed by atoms with Crippen LogP contribution in [-0.4, -0.2) is 0 Å². The smallest absolute Gasteiger partial charge is 0.0622 e. The fourth-order valence-corrected chi connectivity index (χ4v) is 13.5. The van der Waals surface area contributed by atoms with Crippen molar-refractivity contribution in [3.05, 3.63) is 175 Å². The van der Waals surface area contributed by atoms with Crippen molar-refractivity contribution in [1.29, 1.82) is 0 Å². The molecule has 1 aliphatic rings. The van der Waals surface area contributed by atoms with E-state index in [1.807, 2.05) is 0 Å². The number of fused-ring (bicyclic) bond motifs is 2. The molecule has 0 amide bonds. The van der Waals surface area contributed by atoms with Crippen LogP contribution in [0.5, 0.6) is 0 Å². The molecule has 0 radical (unpaired) electrons. The van der Waals surface area contributed by atoms with Crippen molar-refractivity contribution >= 4 is 63.9 Å². The van der Waals surface area contributed by atoms with Crippen LogP contribution in [0, 0.1) is 0 Å². The van der Waals surface area contributed by atoms with Crippen LogP contribution in [0.2, 0.25) is 0 Å². The first kappa shape index (κ1) is 24.7. The van der Waals surface area contributed by atoms with E-state index in [2.05, 4.69) is 164 Å². The second kappa shape index (κ2) is 10.1. The lowest BCUT2D eigenvalue weighted by Crippen LogP contribution is -2.32. The van der Waals surface area contributed by atoms with Crippen molar-refractivity contribution < 1.29 is 0 Å². The molecular formula is C39H29P2+. The molecule has 7 aromatic carbocycles. The van der Waals surface area contributed by atoms with Crippen molar-refractivity contribution in [2.75, 3.05) is 0 Å². The average molecular weight is 560 g/mol. The Bertz CT molecular complexity index is 1960. The van der Waals surface area contributed by atoms with Crippen LogP contribution < -0.4 is 26.5 Å². The topological polar surface area (TPSA) is 0 Å². The Morgan fingerprint density at radius 3 is 1.63 bits per heavy atom. The summed E-state index contributed by atoms with van der Waals surface area (Å²) in [5, 5.41) is 12.8. The van der Waals surface area contributed by atoms with Gasteiger partial charge in [0.05, 0.1) is 0 Å². The molecule has 2 atom stereocenters. The zero-order valence-electron chi connectivity index (χ0n) is 22.6. The fourth-order valence-electron chi connectivity index (χ4n) is 7.01. The summed E-state index contributed by atoms with van der Waals surface area (Å²) in [4.78, 5) is 0. The Morgan fingerprint density at radius 2 is 1.00 bits per heavy atom. The molecule has 41 heavy (non-hydrogen) atoms. The van der Waals surface area contributed by atoms with Crippen LogP contribution >= 0.6 is 15.8 Å². The van der Waals surface area contributed by atoms with Gasteiger partial charge in [-0.25, -0.2) is 0 Å². The van der Waals surface area contributed by atoms with E-state index in [-0.39, 0.29) is 5.66 Å². The molecule has 0 spiro atoms. The van der Waals surface area contributed by atoms with Crippen molar-refractivity contribution in [3.8, 4) is 0 Å². The van der Waals surface area contributed by atoms with Crippen molar-refractivity contribution in [1.82, 2.24) is 0 Å². The molecule has 0 N–H and O–H groups in total. The largest absolute Gasteiger partial charge is 0.135 e. The number of hydrogen-bond donors (Lipinski definition) is 0. The lowest BCUT2D eigenvalue weighted by Gasteiger charge is -2.31. The number of benzene rings is 7. The lowest BCUT2D eigenvalue weighted by atomic mass is 9.92. The molecule has 0 saturated carbocycles. The Morgan fingerprint density at radius 1 is 0.463 bits per heavy atom. The molecule has 2 heteroatoms. The first-order valence-corrected chi connectivity index (χ1v) is 17.1. The first-order valence-electron chi connectivity index (χ1n) is 14.2. The van der Waals surface area contributed by atoms with Gasteiger partial charge in [-0.3, -0.25) is 0 Å². The van der Waals surface area contributed by atoms with Crippen molar-refractivity contribution in [3.63, 3.8) is 0 Å². The molecule has 1 heterocycles. The molecule has 0 saturated heterocycles. The second-order valence-corrected chi connectivity index (χ2v) is 15.6. The van der Waals surface area contributed by atoms with Gasteiger partial charge in [0.1, 0.15) is 28.8 Å². The molecule has 194 valence electrons. The van der Waals surface area contributed by atoms with Gasteiger partial charge in [-0.05, 0) is 68.7 Å². The highest BCUT2D eigenvalue weighted by atomic mass is 31.2. The molecule has 1 aliphatic heterocycles. The van der Waals surface area contributed by atoms with Gasteiger partial charge < -0.3 is 0 Å². The van der Waals surface area contributed by atoms with Crippen LogP contribution in [0.4, 0.5) is 0 Å². The predicted octanol–water partition coefficient (Wildman–Crippen LogP) is 8.02. The third kappa shape index (κ3) is 3.83. The summed E-state index contributed by atoms with van der Waals surface area (Å²) in [6, 6.07) is 61.5. The van der Waals surface area contributed by atoms with E-state index in [1.165, 1.54) is 59.2 Å². The van der Waals surface area contributed by atoms with Gasteiger partial charge in [-0.15, -0.1) is 0 Å². The maximum Gasteiger partial charge on any atom is 0.135 e. The maximum atomic E-state index is 2.44. The minimum atomic E-state index is -2.15. The van der Waals surface area contributed by atoms with E-state index < -0.39 is 7.26 Å². The molecule has 7 aromatic rings. The first-order chi connectivity index (χ1) is 20.4. The summed E-state index contributed by atoms with van der Waals surface area (Å²) in [6.45, 7) is 0. The lowest BCUT2D eigenvalue weighted by molar-refractivity contribution is 1.18. The van der Waals surface area contributed by atoms with E-state index in [0.29, 0.717) is 8.58 Å². The van der Waals surface area contributed by atoms with E-state index in [1.54, 1.807) is 0 Å². The summed E-state index contributed by atoms with van der Waals surface area (Å²) in [7, 11) is -1.55. The summed E-state index contributed by atoms with van der Waals surface area (Å²) in [5.41, 5.74) is 3.13. The third-order valence-electron chi connectivity index (χ3n) is 8.56. The van der Waals surface area contributed by atoms with Crippen LogP contribution in [0.15, 0.2) is 164 Å². The highest BCUT2D eigenvalue weighted by Gasteiger charge is 2.59. The van der Waals surface area contributed by atoms with Gasteiger partial charge in [0, 0.05) is 10.9 Å². The maximum absolute atomic E-state index is 2.44. The molecule has 0 aliphatic carbocycles. The Hall–Kier alpha value is -4.08. The van der Waals surface area contributed by atoms with E-state index in [0.717, 1.165) is 0 Å². The third-order valence-corrected chi connectivity index (χ3v) is 14.6. The monoisotopic (exact) mass is 559 g/mol. The summed E-state index contributed by atoms with van der Waals surface area (Å²) >= 11 is 0. The zero-order chi connectivity index (χ0) is 27.2. The summed E-state index contributed by atoms with van der Waals surface area (Å²) < 4.78 is 0. The average Bonchev–Trinajstić information content (AvgIpc) is 3.36. The number of rotatable bonds is 5. The van der Waals surface area contributed by atoms with Crippen LogP contribution in [0.1, 0.15) is 16.8 Å². The van der Waals surface area contributed by atoms with Crippen molar-refractivity contribution in [2.45, 2.75) is 5.66 Å². The van der Waals surface area contributed by atoms with E-state index in [4.69, 9.17) is 0 Å². The van der Waals surface area contributed by atoms with Crippen LogP contribution in [0.3, 0.4) is 0 Å². The SMILES string of the molecule is c1ccc(Pc2cccc3cc4cccc5c4c(c23)C(c2ccccc2)[P+]5(c2ccccc2)c2ccccc2)cc1. The summed E-state index contributed by atoms with van der Waals surface area (Å²) in [6.07, 6.45) is 0. The van der Waals surface area contributed by atoms with Gasteiger partial charge in [0.25, 0.3) is 0 Å². The molecular weight excluding hydrogens is 530 g/mol. The standard InChI is InChI=1S/C39H29P2/c1-5-15-28(16-6-1)39-38-36-29(17-13-25-34(36)40-31-19-7-2-8-20-31)27-30-18-14-26-35(37(30)38)41(39,32-21-9-3-10-22-32)33-23-11-4-12-24-33/h1-27,39-40H/q+1. The van der Waals surface area contributed by atoms with Crippen LogP contribution in [0.25, 0.3) is 21.5 Å². The highest BCUT2D eigenvalue weighted by molar-refractivity contribution is 7.97. The van der Waals surface area contributed by atoms with E-state index in [9.17, 15) is 0 Å².